The van der Waals surface area contributed by atoms with E-state index >= 15 is 0 Å². The Morgan fingerprint density at radius 3 is 2.53 bits per heavy atom. The number of hydrogen-bond donors (Lipinski definition) is 2. The van der Waals surface area contributed by atoms with Gasteiger partial charge in [-0.25, -0.2) is 17.9 Å². The van der Waals surface area contributed by atoms with Gasteiger partial charge in [0.2, 0.25) is 10.0 Å². The van der Waals surface area contributed by atoms with Crippen molar-refractivity contribution in [2.24, 2.45) is 0 Å². The first-order valence-electron chi connectivity index (χ1n) is 5.70. The van der Waals surface area contributed by atoms with Gasteiger partial charge < -0.3 is 9.84 Å². The number of aliphatic carboxylic acids is 1. The van der Waals surface area contributed by atoms with Gasteiger partial charge in [0.25, 0.3) is 0 Å². The van der Waals surface area contributed by atoms with E-state index in [1.807, 2.05) is 0 Å². The zero-order valence-corrected chi connectivity index (χ0v) is 11.8. The molecule has 0 aliphatic carbocycles. The number of carboxylic acids is 1. The molecule has 1 rings (SSSR count). The van der Waals surface area contributed by atoms with Crippen molar-refractivity contribution in [3.8, 4) is 5.75 Å². The Kier molecular flexibility index (Phi) is 4.90. The maximum atomic E-state index is 11.9. The van der Waals surface area contributed by atoms with E-state index in [0.717, 1.165) is 0 Å². The van der Waals surface area contributed by atoms with Gasteiger partial charge in [-0.3, -0.25) is 0 Å². The van der Waals surface area contributed by atoms with Crippen molar-refractivity contribution < 1.29 is 23.1 Å². The number of rotatable bonds is 6. The van der Waals surface area contributed by atoms with Crippen LogP contribution in [0.4, 0.5) is 0 Å². The van der Waals surface area contributed by atoms with Crippen molar-refractivity contribution in [3.05, 3.63) is 23.8 Å². The van der Waals surface area contributed by atoms with Gasteiger partial charge in [0.1, 0.15) is 5.75 Å². The number of carboxylic acid groups (broad SMARTS) is 1. The van der Waals surface area contributed by atoms with Crippen LogP contribution in [-0.2, 0) is 14.8 Å². The zero-order chi connectivity index (χ0) is 14.6. The van der Waals surface area contributed by atoms with E-state index in [0.29, 0.717) is 11.3 Å². The maximum absolute atomic E-state index is 11.9. The second-order valence-electron chi connectivity index (χ2n) is 4.39. The Bertz CT molecular complexity index is 565. The molecule has 19 heavy (non-hydrogen) atoms. The molecule has 0 aliphatic heterocycles. The van der Waals surface area contributed by atoms with Crippen LogP contribution >= 0.6 is 0 Å². The molecule has 106 valence electrons. The smallest absolute Gasteiger partial charge is 0.341 e. The molecule has 0 heterocycles. The molecule has 0 unspecified atom stereocenters. The average molecular weight is 287 g/mol. The lowest BCUT2D eigenvalue weighted by Gasteiger charge is -2.12. The van der Waals surface area contributed by atoms with E-state index < -0.39 is 22.6 Å². The first-order valence-corrected chi connectivity index (χ1v) is 7.18. The minimum atomic E-state index is -3.55. The predicted octanol–water partition coefficient (Wildman–Crippen LogP) is 1.15. The topological polar surface area (TPSA) is 92.7 Å². The van der Waals surface area contributed by atoms with Crippen molar-refractivity contribution in [1.82, 2.24) is 4.72 Å². The van der Waals surface area contributed by atoms with E-state index in [9.17, 15) is 13.2 Å². The van der Waals surface area contributed by atoms with Gasteiger partial charge >= 0.3 is 5.97 Å². The normalized spacial score (nSPS) is 11.6. The number of carbonyl (C=O) groups is 1. The SMILES string of the molecule is Cc1cc(S(=O)(=O)NC(C)C)ccc1OCC(=O)O. The van der Waals surface area contributed by atoms with Crippen LogP contribution in [0.1, 0.15) is 19.4 Å². The summed E-state index contributed by atoms with van der Waals surface area (Å²) in [5.74, 6) is -0.733. The van der Waals surface area contributed by atoms with Gasteiger partial charge in [-0.15, -0.1) is 0 Å². The lowest BCUT2D eigenvalue weighted by atomic mass is 10.2. The Balaban J connectivity index is 2.96. The third kappa shape index (κ3) is 4.53. The Morgan fingerprint density at radius 1 is 1.42 bits per heavy atom. The van der Waals surface area contributed by atoms with Crippen LogP contribution in [0.15, 0.2) is 23.1 Å². The van der Waals surface area contributed by atoms with Gasteiger partial charge in [0.05, 0.1) is 4.90 Å². The highest BCUT2D eigenvalue weighted by molar-refractivity contribution is 7.89. The molecule has 0 fully saturated rings. The fourth-order valence-electron chi connectivity index (χ4n) is 1.47. The minimum Gasteiger partial charge on any atom is -0.482 e. The van der Waals surface area contributed by atoms with E-state index in [1.54, 1.807) is 20.8 Å². The lowest BCUT2D eigenvalue weighted by Crippen LogP contribution is -2.30. The van der Waals surface area contributed by atoms with Crippen LogP contribution in [0.25, 0.3) is 0 Å². The third-order valence-electron chi connectivity index (χ3n) is 2.20. The van der Waals surface area contributed by atoms with E-state index in [2.05, 4.69) is 4.72 Å². The van der Waals surface area contributed by atoms with Crippen LogP contribution in [0.3, 0.4) is 0 Å². The quantitative estimate of drug-likeness (QED) is 0.818. The molecule has 0 bridgehead atoms. The Morgan fingerprint density at radius 2 is 2.05 bits per heavy atom. The van der Waals surface area contributed by atoms with Crippen molar-refractivity contribution >= 4 is 16.0 Å². The molecule has 0 radical (unpaired) electrons. The summed E-state index contributed by atoms with van der Waals surface area (Å²) in [6.45, 7) is 4.66. The molecule has 1 aromatic rings. The Labute approximate surface area is 112 Å². The molecule has 2 N–H and O–H groups in total. The monoisotopic (exact) mass is 287 g/mol. The van der Waals surface area contributed by atoms with Gasteiger partial charge in [0, 0.05) is 6.04 Å². The summed E-state index contributed by atoms with van der Waals surface area (Å²) in [5.41, 5.74) is 0.563. The van der Waals surface area contributed by atoms with Crippen LogP contribution in [0.5, 0.6) is 5.75 Å². The largest absolute Gasteiger partial charge is 0.482 e. The summed E-state index contributed by atoms with van der Waals surface area (Å²) < 4.78 is 31.4. The van der Waals surface area contributed by atoms with Crippen molar-refractivity contribution in [3.63, 3.8) is 0 Å². The van der Waals surface area contributed by atoms with Crippen LogP contribution in [0.2, 0.25) is 0 Å². The standard InChI is InChI=1S/C12H17NO5S/c1-8(2)13-19(16,17)10-4-5-11(9(3)6-10)18-7-12(14)15/h4-6,8,13H,7H2,1-3H3,(H,14,15). The summed E-state index contributed by atoms with van der Waals surface area (Å²) in [5, 5.41) is 8.52. The number of sulfonamides is 1. The van der Waals surface area contributed by atoms with Gasteiger partial charge in [-0.2, -0.15) is 0 Å². The lowest BCUT2D eigenvalue weighted by molar-refractivity contribution is -0.139. The second kappa shape index (κ2) is 6.03. The van der Waals surface area contributed by atoms with Crippen LogP contribution in [0, 0.1) is 6.92 Å². The fourth-order valence-corrected chi connectivity index (χ4v) is 2.80. The number of benzene rings is 1. The third-order valence-corrected chi connectivity index (χ3v) is 3.85. The molecule has 0 atom stereocenters. The van der Waals surface area contributed by atoms with Crippen molar-refractivity contribution in [2.45, 2.75) is 31.7 Å². The highest BCUT2D eigenvalue weighted by Crippen LogP contribution is 2.21. The van der Waals surface area contributed by atoms with Gasteiger partial charge in [0.15, 0.2) is 6.61 Å². The number of ether oxygens (including phenoxy) is 1. The fraction of sp³-hybridized carbons (Fsp3) is 0.417. The average Bonchev–Trinajstić information content (AvgIpc) is 2.25. The number of hydrogen-bond acceptors (Lipinski definition) is 4. The molecular weight excluding hydrogens is 270 g/mol. The second-order valence-corrected chi connectivity index (χ2v) is 6.10. The zero-order valence-electron chi connectivity index (χ0n) is 11.0. The molecule has 6 nitrogen and oxygen atoms in total. The molecule has 0 saturated heterocycles. The highest BCUT2D eigenvalue weighted by Gasteiger charge is 2.16. The summed E-state index contributed by atoms with van der Waals surface area (Å²) >= 11 is 0. The highest BCUT2D eigenvalue weighted by atomic mass is 32.2. The van der Waals surface area contributed by atoms with Gasteiger partial charge in [-0.1, -0.05) is 0 Å². The molecule has 0 aromatic heterocycles. The summed E-state index contributed by atoms with van der Waals surface area (Å²) in [4.78, 5) is 10.5. The molecule has 0 aliphatic rings. The summed E-state index contributed by atoms with van der Waals surface area (Å²) in [6, 6.07) is 4.08. The summed E-state index contributed by atoms with van der Waals surface area (Å²) in [7, 11) is -3.55. The first kappa shape index (κ1) is 15.5. The molecule has 0 spiro atoms. The van der Waals surface area contributed by atoms with Crippen molar-refractivity contribution in [2.75, 3.05) is 6.61 Å². The summed E-state index contributed by atoms with van der Waals surface area (Å²) in [6.07, 6.45) is 0. The van der Waals surface area contributed by atoms with Crippen molar-refractivity contribution in [1.29, 1.82) is 0 Å². The molecule has 7 heteroatoms. The van der Waals surface area contributed by atoms with E-state index in [1.165, 1.54) is 18.2 Å². The predicted molar refractivity (Wildman–Crippen MR) is 69.8 cm³/mol. The van der Waals surface area contributed by atoms with Crippen LogP contribution in [-0.4, -0.2) is 32.1 Å². The minimum absolute atomic E-state index is 0.126. The van der Waals surface area contributed by atoms with E-state index in [4.69, 9.17) is 9.84 Å². The maximum Gasteiger partial charge on any atom is 0.341 e. The molecule has 0 amide bonds. The molecular formula is C12H17NO5S. The van der Waals surface area contributed by atoms with Crippen LogP contribution < -0.4 is 9.46 Å². The Hall–Kier alpha value is -1.60. The van der Waals surface area contributed by atoms with Gasteiger partial charge in [-0.05, 0) is 44.5 Å². The number of aryl methyl sites for hydroxylation is 1. The molecule has 0 saturated carbocycles. The number of nitrogens with one attached hydrogen (secondary N) is 1. The molecule has 1 aromatic carbocycles. The first-order chi connectivity index (χ1) is 8.72. The van der Waals surface area contributed by atoms with E-state index in [-0.39, 0.29) is 10.9 Å².